The maximum Gasteiger partial charge on any atom is 0.244 e. The van der Waals surface area contributed by atoms with Gasteiger partial charge in [0.1, 0.15) is 0 Å². The summed E-state index contributed by atoms with van der Waals surface area (Å²) in [6.45, 7) is 7.33. The van der Waals surface area contributed by atoms with Crippen LogP contribution in [0.15, 0.2) is 16.3 Å². The zero-order chi connectivity index (χ0) is 14.8. The fourth-order valence-corrected chi connectivity index (χ4v) is 6.40. The molecule has 2 heterocycles. The van der Waals surface area contributed by atoms with Crippen LogP contribution >= 0.6 is 23.1 Å². The van der Waals surface area contributed by atoms with Gasteiger partial charge in [-0.3, -0.25) is 0 Å². The summed E-state index contributed by atoms with van der Waals surface area (Å²) >= 11 is 3.33. The lowest BCUT2D eigenvalue weighted by molar-refractivity contribution is 0.367. The van der Waals surface area contributed by atoms with Crippen molar-refractivity contribution >= 4 is 33.1 Å². The molecule has 0 amide bonds. The van der Waals surface area contributed by atoms with Crippen LogP contribution in [-0.2, 0) is 16.6 Å². The Morgan fingerprint density at radius 1 is 1.50 bits per heavy atom. The Kier molecular flexibility index (Phi) is 5.53. The summed E-state index contributed by atoms with van der Waals surface area (Å²) in [4.78, 5) is 1.39. The lowest BCUT2D eigenvalue weighted by Crippen LogP contribution is -2.44. The Labute approximate surface area is 130 Å². The number of hydrogen-bond acceptors (Lipinski definition) is 5. The van der Waals surface area contributed by atoms with E-state index in [4.69, 9.17) is 0 Å². The minimum absolute atomic E-state index is 0.0737. The van der Waals surface area contributed by atoms with Crippen LogP contribution in [0, 0.1) is 0 Å². The van der Waals surface area contributed by atoms with Crippen LogP contribution in [0.25, 0.3) is 0 Å². The molecule has 1 aromatic heterocycles. The van der Waals surface area contributed by atoms with Crippen LogP contribution in [0.5, 0.6) is 0 Å². The van der Waals surface area contributed by atoms with E-state index in [0.29, 0.717) is 24.0 Å². The molecule has 1 atom stereocenters. The van der Waals surface area contributed by atoms with Crippen molar-refractivity contribution < 1.29 is 8.42 Å². The van der Waals surface area contributed by atoms with Gasteiger partial charge < -0.3 is 5.32 Å². The van der Waals surface area contributed by atoms with Gasteiger partial charge in [-0.2, -0.15) is 16.1 Å². The highest BCUT2D eigenvalue weighted by Gasteiger charge is 2.33. The van der Waals surface area contributed by atoms with Gasteiger partial charge in [-0.05, 0) is 18.4 Å². The van der Waals surface area contributed by atoms with Gasteiger partial charge in [0.25, 0.3) is 0 Å². The molecule has 1 aliphatic heterocycles. The molecule has 0 aliphatic carbocycles. The lowest BCUT2D eigenvalue weighted by atomic mass is 10.4. The van der Waals surface area contributed by atoms with E-state index in [0.717, 1.165) is 16.4 Å². The molecule has 20 heavy (non-hydrogen) atoms. The van der Waals surface area contributed by atoms with Gasteiger partial charge >= 0.3 is 0 Å². The second-order valence-corrected chi connectivity index (χ2v) is 9.29. The number of hydrogen-bond donors (Lipinski definition) is 1. The monoisotopic (exact) mass is 334 g/mol. The van der Waals surface area contributed by atoms with Crippen molar-refractivity contribution in [3.63, 3.8) is 0 Å². The molecule has 1 N–H and O–H groups in total. The van der Waals surface area contributed by atoms with Gasteiger partial charge in [0.05, 0.1) is 4.90 Å². The smallest absolute Gasteiger partial charge is 0.244 e. The predicted octanol–water partition coefficient (Wildman–Crippen LogP) is 2.37. The Bertz CT molecular complexity index is 540. The molecule has 0 spiro atoms. The third-order valence-corrected chi connectivity index (χ3v) is 7.61. The highest BCUT2D eigenvalue weighted by atomic mass is 32.2. The van der Waals surface area contributed by atoms with E-state index in [9.17, 15) is 8.42 Å². The number of thioether (sulfide) groups is 1. The van der Waals surface area contributed by atoms with Gasteiger partial charge in [-0.25, -0.2) is 8.42 Å². The number of nitrogens with zero attached hydrogens (tertiary/aromatic N) is 1. The Balaban J connectivity index is 2.23. The van der Waals surface area contributed by atoms with E-state index in [1.165, 1.54) is 11.3 Å². The molecule has 114 valence electrons. The summed E-state index contributed by atoms with van der Waals surface area (Å²) < 4.78 is 27.3. The van der Waals surface area contributed by atoms with Crippen LogP contribution in [0.4, 0.5) is 0 Å². The summed E-state index contributed by atoms with van der Waals surface area (Å²) in [5.41, 5.74) is 0. The maximum atomic E-state index is 12.8. The fraction of sp³-hybridized carbons (Fsp3) is 0.692. The third-order valence-electron chi connectivity index (χ3n) is 3.27. The summed E-state index contributed by atoms with van der Waals surface area (Å²) in [6, 6.07) is 2.16. The van der Waals surface area contributed by atoms with Gasteiger partial charge in [-0.15, -0.1) is 11.3 Å². The van der Waals surface area contributed by atoms with Crippen molar-refractivity contribution in [1.82, 2.24) is 9.62 Å². The lowest BCUT2D eigenvalue weighted by Gasteiger charge is -2.32. The SMILES string of the molecule is CC(C)NCc1sccc1S(=O)(=O)N1CCSCC1C. The summed E-state index contributed by atoms with van der Waals surface area (Å²) in [7, 11) is -3.36. The minimum Gasteiger partial charge on any atom is -0.310 e. The normalized spacial score (nSPS) is 21.5. The van der Waals surface area contributed by atoms with Crippen molar-refractivity contribution in [3.05, 3.63) is 16.3 Å². The average molecular weight is 335 g/mol. The molecule has 7 heteroatoms. The second kappa shape index (κ2) is 6.79. The van der Waals surface area contributed by atoms with E-state index in [2.05, 4.69) is 19.2 Å². The number of sulfonamides is 1. The Morgan fingerprint density at radius 2 is 2.25 bits per heavy atom. The van der Waals surface area contributed by atoms with Crippen molar-refractivity contribution in [2.24, 2.45) is 0 Å². The van der Waals surface area contributed by atoms with Crippen molar-refractivity contribution in [1.29, 1.82) is 0 Å². The summed E-state index contributed by atoms with van der Waals surface area (Å²) in [5.74, 6) is 1.76. The van der Waals surface area contributed by atoms with E-state index in [1.54, 1.807) is 10.4 Å². The van der Waals surface area contributed by atoms with Crippen molar-refractivity contribution in [2.45, 2.75) is 44.3 Å². The first-order chi connectivity index (χ1) is 9.43. The molecule has 0 saturated carbocycles. The number of rotatable bonds is 5. The zero-order valence-corrected chi connectivity index (χ0v) is 14.6. The molecule has 0 aromatic carbocycles. The Hall–Kier alpha value is -0.0800. The van der Waals surface area contributed by atoms with Crippen LogP contribution < -0.4 is 5.32 Å². The first-order valence-electron chi connectivity index (χ1n) is 6.82. The molecule has 1 unspecified atom stereocenters. The van der Waals surface area contributed by atoms with Crippen LogP contribution in [0.1, 0.15) is 25.6 Å². The van der Waals surface area contributed by atoms with Crippen molar-refractivity contribution in [3.8, 4) is 0 Å². The molecule has 1 aliphatic rings. The zero-order valence-electron chi connectivity index (χ0n) is 12.1. The second-order valence-electron chi connectivity index (χ2n) is 5.28. The van der Waals surface area contributed by atoms with Gasteiger partial charge in [0, 0.05) is 41.6 Å². The van der Waals surface area contributed by atoms with Gasteiger partial charge in [0.2, 0.25) is 10.0 Å². The molecule has 1 aromatic rings. The predicted molar refractivity (Wildman–Crippen MR) is 87.0 cm³/mol. The standard InChI is InChI=1S/C13H22N2O2S3/c1-10(2)14-8-12-13(4-6-19-12)20(16,17)15-5-7-18-9-11(15)3/h4,6,10-11,14H,5,7-9H2,1-3H3. The quantitative estimate of drug-likeness (QED) is 0.898. The molecule has 4 nitrogen and oxygen atoms in total. The van der Waals surface area contributed by atoms with Gasteiger partial charge in [0.15, 0.2) is 0 Å². The topological polar surface area (TPSA) is 49.4 Å². The summed E-state index contributed by atoms with van der Waals surface area (Å²) in [6.07, 6.45) is 0. The first kappa shape index (κ1) is 16.3. The van der Waals surface area contributed by atoms with E-state index in [-0.39, 0.29) is 6.04 Å². The van der Waals surface area contributed by atoms with E-state index >= 15 is 0 Å². The van der Waals surface area contributed by atoms with E-state index < -0.39 is 10.0 Å². The highest BCUT2D eigenvalue weighted by molar-refractivity contribution is 7.99. The largest absolute Gasteiger partial charge is 0.310 e. The number of thiophene rings is 1. The van der Waals surface area contributed by atoms with Crippen molar-refractivity contribution in [2.75, 3.05) is 18.1 Å². The van der Waals surface area contributed by atoms with Gasteiger partial charge in [-0.1, -0.05) is 13.8 Å². The Morgan fingerprint density at radius 3 is 2.90 bits per heavy atom. The molecule has 0 bridgehead atoms. The molecule has 2 rings (SSSR count). The number of nitrogens with one attached hydrogen (secondary N) is 1. The molecular weight excluding hydrogens is 312 g/mol. The molecule has 0 radical (unpaired) electrons. The maximum absolute atomic E-state index is 12.8. The minimum atomic E-state index is -3.36. The summed E-state index contributed by atoms with van der Waals surface area (Å²) in [5, 5.41) is 5.17. The first-order valence-corrected chi connectivity index (χ1v) is 10.3. The fourth-order valence-electron chi connectivity index (χ4n) is 2.18. The van der Waals surface area contributed by atoms with E-state index in [1.807, 2.05) is 24.1 Å². The molecule has 1 fully saturated rings. The van der Waals surface area contributed by atoms with Crippen LogP contribution in [0.2, 0.25) is 0 Å². The third kappa shape index (κ3) is 3.57. The molecule has 1 saturated heterocycles. The van der Waals surface area contributed by atoms with Crippen LogP contribution in [0.3, 0.4) is 0 Å². The highest BCUT2D eigenvalue weighted by Crippen LogP contribution is 2.29. The molecular formula is C13H22N2O2S3. The van der Waals surface area contributed by atoms with Crippen LogP contribution in [-0.4, -0.2) is 42.9 Å². The average Bonchev–Trinajstić information content (AvgIpc) is 2.85.